The van der Waals surface area contributed by atoms with Gasteiger partial charge in [0.1, 0.15) is 13.2 Å². The van der Waals surface area contributed by atoms with E-state index in [2.05, 4.69) is 17.1 Å². The number of para-hydroxylation sites is 1. The Hall–Kier alpha value is -4.51. The molecule has 0 atom stereocenters. The normalized spacial score (nSPS) is 11.1. The second kappa shape index (κ2) is 13.9. The van der Waals surface area contributed by atoms with Crippen LogP contribution in [-0.4, -0.2) is 54.5 Å². The summed E-state index contributed by atoms with van der Waals surface area (Å²) in [7, 11) is -1.30. The van der Waals surface area contributed by atoms with Crippen LogP contribution >= 0.6 is 0 Å². The minimum atomic E-state index is -4.16. The molecule has 0 radical (unpaired) electrons. The van der Waals surface area contributed by atoms with E-state index in [1.807, 2.05) is 6.92 Å². The summed E-state index contributed by atoms with van der Waals surface area (Å²) in [6.45, 7) is 5.73. The molecule has 3 aromatic rings. The SMILES string of the molecule is C=CCOc1ccc(/C=N\NC(=O)CN(c2ccccc2)S(=O)(=O)c2ccc(OC)c(OC)c2)cc1OCC. The van der Waals surface area contributed by atoms with Crippen LogP contribution in [-0.2, 0) is 14.8 Å². The second-order valence-electron chi connectivity index (χ2n) is 7.90. The Morgan fingerprint density at radius 2 is 1.67 bits per heavy atom. The standard InChI is InChI=1S/C28H31N3O7S/c1-5-16-38-25-14-12-21(17-27(25)37-6-2)19-29-30-28(32)20-31(22-10-8-7-9-11-22)39(33,34)23-13-15-24(35-3)26(18-23)36-4/h5,7-15,17-19H,1,6,16,20H2,2-4H3,(H,30,32)/b29-19-. The molecule has 0 aromatic heterocycles. The molecule has 3 rings (SSSR count). The molecule has 39 heavy (non-hydrogen) atoms. The van der Waals surface area contributed by atoms with Crippen molar-refractivity contribution in [2.45, 2.75) is 11.8 Å². The first-order valence-electron chi connectivity index (χ1n) is 12.0. The van der Waals surface area contributed by atoms with Crippen molar-refractivity contribution in [3.63, 3.8) is 0 Å². The summed E-state index contributed by atoms with van der Waals surface area (Å²) in [5, 5.41) is 3.99. The number of nitrogens with zero attached hydrogens (tertiary/aromatic N) is 2. The second-order valence-corrected chi connectivity index (χ2v) is 9.76. The molecule has 0 aliphatic rings. The molecule has 0 saturated heterocycles. The summed E-state index contributed by atoms with van der Waals surface area (Å²) < 4.78 is 49.9. The van der Waals surface area contributed by atoms with Gasteiger partial charge >= 0.3 is 0 Å². The number of hydrazone groups is 1. The lowest BCUT2D eigenvalue weighted by molar-refractivity contribution is -0.119. The molecule has 0 unspecified atom stereocenters. The number of rotatable bonds is 14. The first-order valence-corrected chi connectivity index (χ1v) is 13.4. The van der Waals surface area contributed by atoms with Gasteiger partial charge in [0.15, 0.2) is 23.0 Å². The first kappa shape index (κ1) is 29.1. The highest BCUT2D eigenvalue weighted by Crippen LogP contribution is 2.32. The zero-order valence-corrected chi connectivity index (χ0v) is 22.8. The van der Waals surface area contributed by atoms with Gasteiger partial charge in [-0.1, -0.05) is 30.9 Å². The van der Waals surface area contributed by atoms with Crippen LogP contribution < -0.4 is 28.7 Å². The zero-order chi connectivity index (χ0) is 28.3. The summed E-state index contributed by atoms with van der Waals surface area (Å²) in [6, 6.07) is 17.7. The summed E-state index contributed by atoms with van der Waals surface area (Å²) in [4.78, 5) is 12.8. The molecule has 0 heterocycles. The van der Waals surface area contributed by atoms with E-state index in [4.69, 9.17) is 18.9 Å². The Kier molecular flexibility index (Phi) is 10.3. The third kappa shape index (κ3) is 7.51. The Morgan fingerprint density at radius 1 is 0.949 bits per heavy atom. The van der Waals surface area contributed by atoms with Crippen molar-refractivity contribution in [1.29, 1.82) is 0 Å². The van der Waals surface area contributed by atoms with Crippen LogP contribution in [0.3, 0.4) is 0 Å². The molecule has 11 heteroatoms. The Balaban J connectivity index is 1.81. The van der Waals surface area contributed by atoms with Crippen molar-refractivity contribution in [1.82, 2.24) is 5.43 Å². The number of amides is 1. The summed E-state index contributed by atoms with van der Waals surface area (Å²) in [5.74, 6) is 1.05. The van der Waals surface area contributed by atoms with Crippen molar-refractivity contribution in [2.24, 2.45) is 5.10 Å². The van der Waals surface area contributed by atoms with E-state index in [0.717, 1.165) is 4.31 Å². The predicted octanol–water partition coefficient (Wildman–Crippen LogP) is 4.01. The van der Waals surface area contributed by atoms with Crippen molar-refractivity contribution in [3.05, 3.63) is 84.9 Å². The van der Waals surface area contributed by atoms with Crippen molar-refractivity contribution in [2.75, 3.05) is 38.3 Å². The quantitative estimate of drug-likeness (QED) is 0.182. The molecule has 10 nitrogen and oxygen atoms in total. The molecule has 1 amide bonds. The zero-order valence-electron chi connectivity index (χ0n) is 22.0. The monoisotopic (exact) mass is 553 g/mol. The van der Waals surface area contributed by atoms with Crippen LogP contribution in [0.15, 0.2) is 89.4 Å². The number of methoxy groups -OCH3 is 2. The van der Waals surface area contributed by atoms with Gasteiger partial charge in [-0.15, -0.1) is 0 Å². The van der Waals surface area contributed by atoms with Gasteiger partial charge in [-0.2, -0.15) is 5.10 Å². The van der Waals surface area contributed by atoms with Gasteiger partial charge in [-0.3, -0.25) is 9.10 Å². The number of hydrogen-bond donors (Lipinski definition) is 1. The first-order chi connectivity index (χ1) is 18.8. The number of benzene rings is 3. The maximum Gasteiger partial charge on any atom is 0.264 e. The maximum absolute atomic E-state index is 13.6. The molecule has 3 aromatic carbocycles. The van der Waals surface area contributed by atoms with Gasteiger partial charge in [0, 0.05) is 6.07 Å². The Morgan fingerprint density at radius 3 is 2.33 bits per heavy atom. The van der Waals surface area contributed by atoms with E-state index >= 15 is 0 Å². The molecule has 0 aliphatic carbocycles. The molecule has 0 spiro atoms. The smallest absolute Gasteiger partial charge is 0.264 e. The molecule has 0 aliphatic heterocycles. The number of carbonyl (C=O) groups excluding carboxylic acids is 1. The average Bonchev–Trinajstić information content (AvgIpc) is 2.95. The molecule has 206 valence electrons. The molecular weight excluding hydrogens is 522 g/mol. The van der Waals surface area contributed by atoms with Crippen LogP contribution in [0.25, 0.3) is 0 Å². The summed E-state index contributed by atoms with van der Waals surface area (Å²) in [6.07, 6.45) is 3.05. The topological polar surface area (TPSA) is 116 Å². The van der Waals surface area contributed by atoms with Gasteiger partial charge in [-0.05, 0) is 55.0 Å². The van der Waals surface area contributed by atoms with Gasteiger partial charge in [-0.25, -0.2) is 13.8 Å². The van der Waals surface area contributed by atoms with Gasteiger partial charge in [0.2, 0.25) is 0 Å². The number of nitrogens with one attached hydrogen (secondary N) is 1. The lowest BCUT2D eigenvalue weighted by Gasteiger charge is -2.24. The highest BCUT2D eigenvalue weighted by molar-refractivity contribution is 7.92. The van der Waals surface area contributed by atoms with Crippen LogP contribution in [0.4, 0.5) is 5.69 Å². The van der Waals surface area contributed by atoms with Crippen molar-refractivity contribution in [3.8, 4) is 23.0 Å². The van der Waals surface area contributed by atoms with Crippen molar-refractivity contribution >= 4 is 27.8 Å². The van der Waals surface area contributed by atoms with Gasteiger partial charge in [0.25, 0.3) is 15.9 Å². The summed E-state index contributed by atoms with van der Waals surface area (Å²) >= 11 is 0. The minimum Gasteiger partial charge on any atom is -0.493 e. The molecule has 0 bridgehead atoms. The van der Waals surface area contributed by atoms with Crippen LogP contribution in [0.5, 0.6) is 23.0 Å². The number of ether oxygens (including phenoxy) is 4. The highest BCUT2D eigenvalue weighted by atomic mass is 32.2. The summed E-state index contributed by atoms with van der Waals surface area (Å²) in [5.41, 5.74) is 3.34. The number of anilines is 1. The lowest BCUT2D eigenvalue weighted by Crippen LogP contribution is -2.39. The van der Waals surface area contributed by atoms with E-state index in [0.29, 0.717) is 41.7 Å². The van der Waals surface area contributed by atoms with Gasteiger partial charge in [0.05, 0.1) is 37.6 Å². The van der Waals surface area contributed by atoms with Crippen LogP contribution in [0.1, 0.15) is 12.5 Å². The minimum absolute atomic E-state index is 0.0671. The molecule has 1 N–H and O–H groups in total. The van der Waals surface area contributed by atoms with E-state index < -0.39 is 22.5 Å². The molecule has 0 fully saturated rings. The van der Waals surface area contributed by atoms with E-state index in [1.54, 1.807) is 54.6 Å². The number of carbonyl (C=O) groups is 1. The fourth-order valence-corrected chi connectivity index (χ4v) is 4.94. The predicted molar refractivity (Wildman–Crippen MR) is 150 cm³/mol. The number of sulfonamides is 1. The average molecular weight is 554 g/mol. The maximum atomic E-state index is 13.6. The fourth-order valence-electron chi connectivity index (χ4n) is 3.50. The largest absolute Gasteiger partial charge is 0.493 e. The van der Waals surface area contributed by atoms with Gasteiger partial charge < -0.3 is 18.9 Å². The van der Waals surface area contributed by atoms with E-state index in [1.165, 1.54) is 38.6 Å². The third-order valence-corrected chi connectivity index (χ3v) is 7.07. The Bertz CT molecular complexity index is 1410. The van der Waals surface area contributed by atoms with Crippen molar-refractivity contribution < 1.29 is 32.2 Å². The molecular formula is C28H31N3O7S. The van der Waals surface area contributed by atoms with Crippen LogP contribution in [0, 0.1) is 0 Å². The van der Waals surface area contributed by atoms with Crippen LogP contribution in [0.2, 0.25) is 0 Å². The third-order valence-electron chi connectivity index (χ3n) is 5.30. The van der Waals surface area contributed by atoms with E-state index in [-0.39, 0.29) is 10.6 Å². The molecule has 0 saturated carbocycles. The fraction of sp³-hybridized carbons (Fsp3) is 0.214. The number of hydrogen-bond acceptors (Lipinski definition) is 8. The lowest BCUT2D eigenvalue weighted by atomic mass is 10.2. The Labute approximate surface area is 228 Å². The van der Waals surface area contributed by atoms with E-state index in [9.17, 15) is 13.2 Å². The highest BCUT2D eigenvalue weighted by Gasteiger charge is 2.28.